The second kappa shape index (κ2) is 6.87. The maximum atomic E-state index is 11.6. The fourth-order valence-electron chi connectivity index (χ4n) is 1.35. The van der Waals surface area contributed by atoms with Crippen LogP contribution >= 0.6 is 0 Å². The van der Waals surface area contributed by atoms with E-state index >= 15 is 0 Å². The normalized spacial score (nSPS) is 15.9. The van der Waals surface area contributed by atoms with Gasteiger partial charge < -0.3 is 9.47 Å². The Hall–Kier alpha value is -2.38. The lowest BCUT2D eigenvalue weighted by atomic mass is 10.2. The van der Waals surface area contributed by atoms with E-state index in [0.29, 0.717) is 5.06 Å². The van der Waals surface area contributed by atoms with Gasteiger partial charge in [0, 0.05) is 24.3 Å². The molecule has 0 aromatic rings. The topological polar surface area (TPSA) is 99.2 Å². The summed E-state index contributed by atoms with van der Waals surface area (Å²) in [5, 5.41) is 0.348. The number of hydroxylamine groups is 2. The fraction of sp³-hybridized carbons (Fsp3) is 0.538. The molecule has 1 atom stereocenters. The third-order valence-corrected chi connectivity index (χ3v) is 2.50. The van der Waals surface area contributed by atoms with Gasteiger partial charge in [0.05, 0.1) is 0 Å². The Kier molecular flexibility index (Phi) is 5.45. The Morgan fingerprint density at radius 2 is 1.67 bits per heavy atom. The SMILES string of the molecule is C=C(C)C(=O)OC(OC(=O)ON1C(=O)CCC1=O)C(C)C. The maximum absolute atomic E-state index is 11.6. The van der Waals surface area contributed by atoms with Gasteiger partial charge in [0.2, 0.25) is 0 Å². The van der Waals surface area contributed by atoms with Crippen molar-refractivity contribution in [1.82, 2.24) is 5.06 Å². The molecule has 0 aromatic carbocycles. The zero-order valence-corrected chi connectivity index (χ0v) is 12.1. The molecule has 0 radical (unpaired) electrons. The van der Waals surface area contributed by atoms with Crippen molar-refractivity contribution in [3.05, 3.63) is 12.2 Å². The van der Waals surface area contributed by atoms with Gasteiger partial charge in [-0.25, -0.2) is 9.59 Å². The smallest absolute Gasteiger partial charge is 0.421 e. The molecule has 1 rings (SSSR count). The van der Waals surface area contributed by atoms with E-state index in [1.54, 1.807) is 13.8 Å². The molecule has 1 heterocycles. The van der Waals surface area contributed by atoms with Crippen molar-refractivity contribution in [2.45, 2.75) is 39.9 Å². The number of ether oxygens (including phenoxy) is 2. The van der Waals surface area contributed by atoms with Crippen molar-refractivity contribution in [3.63, 3.8) is 0 Å². The third kappa shape index (κ3) is 4.59. The average molecular weight is 299 g/mol. The highest BCUT2D eigenvalue weighted by Crippen LogP contribution is 2.15. The molecule has 1 aliphatic heterocycles. The molecular weight excluding hydrogens is 282 g/mol. The summed E-state index contributed by atoms with van der Waals surface area (Å²) >= 11 is 0. The van der Waals surface area contributed by atoms with Crippen LogP contribution in [0.5, 0.6) is 0 Å². The number of rotatable bonds is 5. The predicted octanol–water partition coefficient (Wildman–Crippen LogP) is 1.30. The first-order valence-corrected chi connectivity index (χ1v) is 6.33. The number of imide groups is 1. The summed E-state index contributed by atoms with van der Waals surface area (Å²) in [6.45, 7) is 8.15. The number of hydrogen-bond donors (Lipinski definition) is 0. The summed E-state index contributed by atoms with van der Waals surface area (Å²) in [5.74, 6) is -2.34. The van der Waals surface area contributed by atoms with Gasteiger partial charge in [0.15, 0.2) is 0 Å². The Labute approximate surface area is 121 Å². The fourth-order valence-corrected chi connectivity index (χ4v) is 1.35. The summed E-state index contributed by atoms with van der Waals surface area (Å²) in [7, 11) is 0. The molecule has 0 N–H and O–H groups in total. The van der Waals surface area contributed by atoms with Gasteiger partial charge in [0.25, 0.3) is 18.1 Å². The van der Waals surface area contributed by atoms with Crippen LogP contribution in [-0.2, 0) is 28.7 Å². The lowest BCUT2D eigenvalue weighted by molar-refractivity contribution is -0.197. The van der Waals surface area contributed by atoms with Crippen LogP contribution in [0.1, 0.15) is 33.6 Å². The van der Waals surface area contributed by atoms with E-state index in [-0.39, 0.29) is 24.3 Å². The van der Waals surface area contributed by atoms with Crippen LogP contribution in [0.25, 0.3) is 0 Å². The van der Waals surface area contributed by atoms with Crippen molar-refractivity contribution in [1.29, 1.82) is 0 Å². The highest BCUT2D eigenvalue weighted by atomic mass is 16.9. The minimum Gasteiger partial charge on any atom is -0.421 e. The van der Waals surface area contributed by atoms with Gasteiger partial charge in [0.1, 0.15) is 0 Å². The molecular formula is C13H17NO7. The first-order chi connectivity index (χ1) is 9.72. The summed E-state index contributed by atoms with van der Waals surface area (Å²) < 4.78 is 9.71. The van der Waals surface area contributed by atoms with Crippen LogP contribution in [-0.4, -0.2) is 35.3 Å². The maximum Gasteiger partial charge on any atom is 0.537 e. The second-order valence-corrected chi connectivity index (χ2v) is 4.84. The van der Waals surface area contributed by atoms with E-state index in [1.807, 2.05) is 0 Å². The lowest BCUT2D eigenvalue weighted by Crippen LogP contribution is -2.36. The van der Waals surface area contributed by atoms with Gasteiger partial charge >= 0.3 is 12.1 Å². The minimum atomic E-state index is -1.30. The van der Waals surface area contributed by atoms with Crippen molar-refractivity contribution in [2.75, 3.05) is 0 Å². The van der Waals surface area contributed by atoms with E-state index < -0.39 is 30.2 Å². The van der Waals surface area contributed by atoms with Crippen molar-refractivity contribution in [3.8, 4) is 0 Å². The first-order valence-electron chi connectivity index (χ1n) is 6.33. The Balaban J connectivity index is 2.60. The number of amides is 2. The molecule has 8 heteroatoms. The van der Waals surface area contributed by atoms with Crippen molar-refractivity contribution in [2.24, 2.45) is 5.92 Å². The van der Waals surface area contributed by atoms with Crippen molar-refractivity contribution >= 4 is 23.9 Å². The third-order valence-electron chi connectivity index (χ3n) is 2.50. The van der Waals surface area contributed by atoms with E-state index in [1.165, 1.54) is 6.92 Å². The highest BCUT2D eigenvalue weighted by molar-refractivity contribution is 6.01. The van der Waals surface area contributed by atoms with E-state index in [9.17, 15) is 19.2 Å². The quantitative estimate of drug-likeness (QED) is 0.326. The molecule has 2 amide bonds. The van der Waals surface area contributed by atoms with Crippen LogP contribution in [0.3, 0.4) is 0 Å². The molecule has 21 heavy (non-hydrogen) atoms. The van der Waals surface area contributed by atoms with E-state index in [4.69, 9.17) is 9.47 Å². The molecule has 0 spiro atoms. The molecule has 1 aliphatic rings. The molecule has 1 fully saturated rings. The number of nitrogens with zero attached hydrogens (tertiary/aromatic N) is 1. The molecule has 116 valence electrons. The van der Waals surface area contributed by atoms with Gasteiger partial charge in [-0.05, 0) is 6.92 Å². The largest absolute Gasteiger partial charge is 0.537 e. The zero-order valence-electron chi connectivity index (χ0n) is 12.1. The van der Waals surface area contributed by atoms with E-state index in [2.05, 4.69) is 11.4 Å². The molecule has 1 unspecified atom stereocenters. The molecule has 0 saturated carbocycles. The van der Waals surface area contributed by atoms with Crippen LogP contribution in [0.2, 0.25) is 0 Å². The lowest BCUT2D eigenvalue weighted by Gasteiger charge is -2.21. The zero-order chi connectivity index (χ0) is 16.2. The molecule has 0 bridgehead atoms. The highest BCUT2D eigenvalue weighted by Gasteiger charge is 2.34. The molecule has 8 nitrogen and oxygen atoms in total. The van der Waals surface area contributed by atoms with Gasteiger partial charge in [-0.15, -0.1) is 0 Å². The summed E-state index contributed by atoms with van der Waals surface area (Å²) in [6.07, 6.45) is -2.56. The first kappa shape index (κ1) is 16.7. The summed E-state index contributed by atoms with van der Waals surface area (Å²) in [6, 6.07) is 0. The van der Waals surface area contributed by atoms with Crippen molar-refractivity contribution < 1.29 is 33.5 Å². The second-order valence-electron chi connectivity index (χ2n) is 4.84. The number of carbonyl (C=O) groups is 4. The monoisotopic (exact) mass is 299 g/mol. The summed E-state index contributed by atoms with van der Waals surface area (Å²) in [5.41, 5.74) is 0.141. The van der Waals surface area contributed by atoms with Crippen LogP contribution in [0.15, 0.2) is 12.2 Å². The number of carbonyl (C=O) groups excluding carboxylic acids is 4. The van der Waals surface area contributed by atoms with Gasteiger partial charge in [-0.1, -0.05) is 25.5 Å². The van der Waals surface area contributed by atoms with Crippen LogP contribution in [0.4, 0.5) is 4.79 Å². The Bertz CT molecular complexity index is 467. The molecule has 0 aliphatic carbocycles. The van der Waals surface area contributed by atoms with E-state index in [0.717, 1.165) is 0 Å². The molecule has 1 saturated heterocycles. The number of esters is 1. The molecule has 0 aromatic heterocycles. The Morgan fingerprint density at radius 3 is 2.10 bits per heavy atom. The van der Waals surface area contributed by atoms with Crippen LogP contribution < -0.4 is 0 Å². The number of hydrogen-bond acceptors (Lipinski definition) is 7. The van der Waals surface area contributed by atoms with Gasteiger partial charge in [-0.3, -0.25) is 14.4 Å². The minimum absolute atomic E-state index is 0.0234. The standard InChI is InChI=1S/C13H17NO7/c1-7(2)11(17)19-12(8(3)4)20-13(18)21-14-9(15)5-6-10(14)16/h8,12H,1,5-6H2,2-4H3. The predicted molar refractivity (Wildman–Crippen MR) is 68.2 cm³/mol. The Morgan fingerprint density at radius 1 is 1.14 bits per heavy atom. The van der Waals surface area contributed by atoms with Crippen LogP contribution in [0, 0.1) is 5.92 Å². The summed E-state index contributed by atoms with van der Waals surface area (Å²) in [4.78, 5) is 50.0. The average Bonchev–Trinajstić information content (AvgIpc) is 2.69. The van der Waals surface area contributed by atoms with Gasteiger partial charge in [-0.2, -0.15) is 0 Å².